The Morgan fingerprint density at radius 1 is 1.25 bits per heavy atom. The number of nitrogens with zero attached hydrogens (tertiary/aromatic N) is 1. The average molecular weight is 163 g/mol. The highest BCUT2D eigenvalue weighted by Gasteiger charge is 2.65. The Bertz CT molecular complexity index is 230. The third-order valence-electron chi connectivity index (χ3n) is 4.06. The summed E-state index contributed by atoms with van der Waals surface area (Å²) in [6.45, 7) is 4.49. The van der Waals surface area contributed by atoms with Gasteiger partial charge < -0.3 is 0 Å². The van der Waals surface area contributed by atoms with E-state index in [-0.39, 0.29) is 5.41 Å². The molecular weight excluding hydrogens is 146 g/mol. The number of hydrogen-bond donors (Lipinski definition) is 0. The highest BCUT2D eigenvalue weighted by Crippen LogP contribution is 2.69. The van der Waals surface area contributed by atoms with Crippen molar-refractivity contribution < 1.29 is 0 Å². The van der Waals surface area contributed by atoms with Gasteiger partial charge in [0, 0.05) is 0 Å². The zero-order valence-electron chi connectivity index (χ0n) is 8.06. The molecular formula is C11H17N. The standard InChI is InChI=1S/C11H17N/c1-10(2)7-11(10,8-12)9-5-3-4-6-9/h9H,3-7H2,1-2H3. The molecule has 0 radical (unpaired) electrons. The minimum atomic E-state index is 0.0729. The van der Waals surface area contributed by atoms with Crippen LogP contribution in [-0.2, 0) is 0 Å². The third-order valence-corrected chi connectivity index (χ3v) is 4.06. The summed E-state index contributed by atoms with van der Waals surface area (Å²) < 4.78 is 0. The van der Waals surface area contributed by atoms with E-state index in [4.69, 9.17) is 0 Å². The topological polar surface area (TPSA) is 23.8 Å². The van der Waals surface area contributed by atoms with E-state index in [1.165, 1.54) is 25.7 Å². The monoisotopic (exact) mass is 163 g/mol. The lowest BCUT2D eigenvalue weighted by atomic mass is 9.83. The van der Waals surface area contributed by atoms with Crippen molar-refractivity contribution in [3.63, 3.8) is 0 Å². The molecule has 1 nitrogen and oxygen atoms in total. The van der Waals surface area contributed by atoms with Crippen molar-refractivity contribution in [2.45, 2.75) is 46.0 Å². The van der Waals surface area contributed by atoms with E-state index in [0.29, 0.717) is 5.41 Å². The van der Waals surface area contributed by atoms with Crippen LogP contribution < -0.4 is 0 Å². The smallest absolute Gasteiger partial charge is 0.0698 e. The summed E-state index contributed by atoms with van der Waals surface area (Å²) in [6, 6.07) is 2.58. The number of rotatable bonds is 1. The molecule has 0 amide bonds. The van der Waals surface area contributed by atoms with Gasteiger partial charge in [-0.3, -0.25) is 0 Å². The Balaban J connectivity index is 2.16. The summed E-state index contributed by atoms with van der Waals surface area (Å²) in [5.41, 5.74) is 0.389. The van der Waals surface area contributed by atoms with Gasteiger partial charge in [0.05, 0.1) is 11.5 Å². The highest BCUT2D eigenvalue weighted by molar-refractivity contribution is 5.24. The van der Waals surface area contributed by atoms with Crippen molar-refractivity contribution in [2.24, 2.45) is 16.7 Å². The molecule has 2 rings (SSSR count). The molecule has 0 spiro atoms. The minimum absolute atomic E-state index is 0.0729. The van der Waals surface area contributed by atoms with Crippen molar-refractivity contribution in [2.75, 3.05) is 0 Å². The molecule has 2 fully saturated rings. The Morgan fingerprint density at radius 3 is 2.08 bits per heavy atom. The molecule has 0 aromatic rings. The van der Waals surface area contributed by atoms with E-state index in [2.05, 4.69) is 19.9 Å². The van der Waals surface area contributed by atoms with Gasteiger partial charge in [0.25, 0.3) is 0 Å². The first kappa shape index (κ1) is 8.10. The van der Waals surface area contributed by atoms with Crippen LogP contribution in [0.5, 0.6) is 0 Å². The van der Waals surface area contributed by atoms with Crippen molar-refractivity contribution in [1.82, 2.24) is 0 Å². The fourth-order valence-electron chi connectivity index (χ4n) is 3.05. The molecule has 2 saturated carbocycles. The first-order chi connectivity index (χ1) is 5.62. The van der Waals surface area contributed by atoms with Crippen LogP contribution in [0, 0.1) is 28.1 Å². The predicted octanol–water partition coefficient (Wildman–Crippen LogP) is 3.12. The summed E-state index contributed by atoms with van der Waals surface area (Å²) in [6.07, 6.45) is 6.45. The molecule has 0 bridgehead atoms. The zero-order chi connectivity index (χ0) is 8.82. The third kappa shape index (κ3) is 0.843. The van der Waals surface area contributed by atoms with Gasteiger partial charge >= 0.3 is 0 Å². The molecule has 1 unspecified atom stereocenters. The normalized spacial score (nSPS) is 39.4. The average Bonchev–Trinajstić information content (AvgIpc) is 2.52. The first-order valence-corrected chi connectivity index (χ1v) is 5.04. The van der Waals surface area contributed by atoms with Crippen LogP contribution in [0.1, 0.15) is 46.0 Å². The minimum Gasteiger partial charge on any atom is -0.198 e. The molecule has 0 aromatic carbocycles. The van der Waals surface area contributed by atoms with Crippen LogP contribution in [0.3, 0.4) is 0 Å². The summed E-state index contributed by atoms with van der Waals surface area (Å²) in [5, 5.41) is 9.20. The molecule has 1 heteroatoms. The molecule has 0 aliphatic heterocycles. The van der Waals surface area contributed by atoms with Crippen LogP contribution in [-0.4, -0.2) is 0 Å². The Kier molecular flexibility index (Phi) is 1.52. The van der Waals surface area contributed by atoms with Gasteiger partial charge in [-0.05, 0) is 30.6 Å². The van der Waals surface area contributed by atoms with Gasteiger partial charge in [0.15, 0.2) is 0 Å². The molecule has 0 heterocycles. The molecule has 2 aliphatic carbocycles. The van der Waals surface area contributed by atoms with Crippen LogP contribution in [0.25, 0.3) is 0 Å². The maximum atomic E-state index is 9.20. The Morgan fingerprint density at radius 2 is 1.75 bits per heavy atom. The molecule has 0 aromatic heterocycles. The fraction of sp³-hybridized carbons (Fsp3) is 0.909. The maximum absolute atomic E-state index is 9.20. The van der Waals surface area contributed by atoms with Gasteiger partial charge in [-0.2, -0.15) is 5.26 Å². The van der Waals surface area contributed by atoms with Crippen LogP contribution >= 0.6 is 0 Å². The summed E-state index contributed by atoms with van der Waals surface area (Å²) in [5.74, 6) is 0.720. The lowest BCUT2D eigenvalue weighted by molar-refractivity contribution is 0.321. The zero-order valence-corrected chi connectivity index (χ0v) is 8.06. The van der Waals surface area contributed by atoms with Crippen molar-refractivity contribution >= 4 is 0 Å². The van der Waals surface area contributed by atoms with Crippen molar-refractivity contribution in [3.8, 4) is 6.07 Å². The second-order valence-electron chi connectivity index (χ2n) is 5.13. The molecule has 1 atom stereocenters. The van der Waals surface area contributed by atoms with E-state index in [0.717, 1.165) is 12.3 Å². The van der Waals surface area contributed by atoms with Crippen LogP contribution in [0.2, 0.25) is 0 Å². The molecule has 66 valence electrons. The summed E-state index contributed by atoms with van der Waals surface area (Å²) in [7, 11) is 0. The number of hydrogen-bond acceptors (Lipinski definition) is 1. The van der Waals surface area contributed by atoms with Crippen molar-refractivity contribution in [3.05, 3.63) is 0 Å². The van der Waals surface area contributed by atoms with E-state index in [9.17, 15) is 5.26 Å². The second kappa shape index (κ2) is 2.25. The molecule has 0 N–H and O–H groups in total. The van der Waals surface area contributed by atoms with E-state index in [1.807, 2.05) is 0 Å². The maximum Gasteiger partial charge on any atom is 0.0698 e. The highest BCUT2D eigenvalue weighted by atomic mass is 14.7. The summed E-state index contributed by atoms with van der Waals surface area (Å²) in [4.78, 5) is 0. The SMILES string of the molecule is CC1(C)CC1(C#N)C1CCCC1. The van der Waals surface area contributed by atoms with Crippen LogP contribution in [0.4, 0.5) is 0 Å². The predicted molar refractivity (Wildman–Crippen MR) is 48.4 cm³/mol. The molecule has 0 saturated heterocycles. The molecule has 2 aliphatic rings. The molecule has 12 heavy (non-hydrogen) atoms. The first-order valence-electron chi connectivity index (χ1n) is 5.04. The quantitative estimate of drug-likeness (QED) is 0.582. The lowest BCUT2D eigenvalue weighted by Crippen LogP contribution is -2.16. The van der Waals surface area contributed by atoms with E-state index < -0.39 is 0 Å². The van der Waals surface area contributed by atoms with E-state index >= 15 is 0 Å². The number of nitriles is 1. The van der Waals surface area contributed by atoms with E-state index in [1.54, 1.807) is 0 Å². The Hall–Kier alpha value is -0.510. The van der Waals surface area contributed by atoms with Crippen LogP contribution in [0.15, 0.2) is 0 Å². The Labute approximate surface area is 74.8 Å². The largest absolute Gasteiger partial charge is 0.198 e. The summed E-state index contributed by atoms with van der Waals surface area (Å²) >= 11 is 0. The van der Waals surface area contributed by atoms with Gasteiger partial charge in [-0.1, -0.05) is 26.7 Å². The van der Waals surface area contributed by atoms with Gasteiger partial charge in [0.2, 0.25) is 0 Å². The second-order valence-corrected chi connectivity index (χ2v) is 5.13. The lowest BCUT2D eigenvalue weighted by Gasteiger charge is -2.19. The van der Waals surface area contributed by atoms with Gasteiger partial charge in [-0.15, -0.1) is 0 Å². The fourth-order valence-corrected chi connectivity index (χ4v) is 3.05. The van der Waals surface area contributed by atoms with Gasteiger partial charge in [-0.25, -0.2) is 0 Å². The van der Waals surface area contributed by atoms with Gasteiger partial charge in [0.1, 0.15) is 0 Å². The van der Waals surface area contributed by atoms with Crippen molar-refractivity contribution in [1.29, 1.82) is 5.26 Å².